The summed E-state index contributed by atoms with van der Waals surface area (Å²) >= 11 is 0. The third-order valence-electron chi connectivity index (χ3n) is 3.62. The molecule has 2 aromatic rings. The van der Waals surface area contributed by atoms with Crippen molar-refractivity contribution in [1.82, 2.24) is 5.01 Å². The summed E-state index contributed by atoms with van der Waals surface area (Å²) in [6.45, 7) is -0.0426. The van der Waals surface area contributed by atoms with Gasteiger partial charge in [-0.2, -0.15) is 5.10 Å². The van der Waals surface area contributed by atoms with Crippen LogP contribution in [0.1, 0.15) is 22.3 Å². The highest BCUT2D eigenvalue weighted by Gasteiger charge is 2.23. The molecular weight excluding hydrogens is 311 g/mol. The normalized spacial score (nSPS) is 13.5. The summed E-state index contributed by atoms with van der Waals surface area (Å²) in [7, 11) is 0. The quantitative estimate of drug-likeness (QED) is 0.812. The summed E-state index contributed by atoms with van der Waals surface area (Å²) in [4.78, 5) is 23.9. The van der Waals surface area contributed by atoms with Crippen LogP contribution in [0.5, 0.6) is 0 Å². The van der Waals surface area contributed by atoms with E-state index in [2.05, 4.69) is 5.10 Å². The molecular formula is C18H15FN2O3. The van der Waals surface area contributed by atoms with Crippen LogP contribution in [0.2, 0.25) is 0 Å². The highest BCUT2D eigenvalue weighted by Crippen LogP contribution is 2.14. The van der Waals surface area contributed by atoms with Crippen molar-refractivity contribution in [3.05, 3.63) is 71.5 Å². The molecule has 0 aromatic heterocycles. The maximum atomic E-state index is 13.5. The monoisotopic (exact) mass is 326 g/mol. The average molecular weight is 326 g/mol. The van der Waals surface area contributed by atoms with Gasteiger partial charge in [0.15, 0.2) is 6.61 Å². The first-order valence-corrected chi connectivity index (χ1v) is 7.50. The first kappa shape index (κ1) is 15.9. The Morgan fingerprint density at radius 2 is 1.79 bits per heavy atom. The number of ether oxygens (including phenoxy) is 1. The van der Waals surface area contributed by atoms with E-state index in [1.807, 2.05) is 30.3 Å². The minimum atomic E-state index is -0.868. The number of amides is 1. The molecule has 24 heavy (non-hydrogen) atoms. The number of hydrazone groups is 1. The van der Waals surface area contributed by atoms with Crippen LogP contribution in [0.25, 0.3) is 0 Å². The van der Waals surface area contributed by atoms with Crippen LogP contribution in [0.4, 0.5) is 4.39 Å². The van der Waals surface area contributed by atoms with Gasteiger partial charge in [0.1, 0.15) is 5.82 Å². The fourth-order valence-electron chi connectivity index (χ4n) is 2.38. The van der Waals surface area contributed by atoms with Gasteiger partial charge in [-0.25, -0.2) is 14.2 Å². The minimum absolute atomic E-state index is 0.194. The maximum Gasteiger partial charge on any atom is 0.341 e. The Balaban J connectivity index is 1.59. The fraction of sp³-hybridized carbons (Fsp3) is 0.167. The van der Waals surface area contributed by atoms with Crippen molar-refractivity contribution in [2.45, 2.75) is 6.42 Å². The van der Waals surface area contributed by atoms with Crippen LogP contribution in [0.3, 0.4) is 0 Å². The molecule has 1 aliphatic rings. The minimum Gasteiger partial charge on any atom is -0.452 e. The topological polar surface area (TPSA) is 59.0 Å². The van der Waals surface area contributed by atoms with E-state index in [0.717, 1.165) is 17.3 Å². The van der Waals surface area contributed by atoms with Crippen LogP contribution >= 0.6 is 0 Å². The van der Waals surface area contributed by atoms with Gasteiger partial charge >= 0.3 is 5.97 Å². The van der Waals surface area contributed by atoms with E-state index in [1.54, 1.807) is 0 Å². The number of benzene rings is 2. The maximum absolute atomic E-state index is 13.5. The number of carbonyl (C=O) groups is 2. The predicted molar refractivity (Wildman–Crippen MR) is 86.0 cm³/mol. The van der Waals surface area contributed by atoms with Gasteiger partial charge in [-0.05, 0) is 17.7 Å². The zero-order valence-corrected chi connectivity index (χ0v) is 12.8. The summed E-state index contributed by atoms with van der Waals surface area (Å²) in [5.74, 6) is -1.99. The number of carbonyl (C=O) groups excluding carboxylic acids is 2. The molecule has 122 valence electrons. The Bertz CT molecular complexity index is 790. The van der Waals surface area contributed by atoms with E-state index in [0.29, 0.717) is 13.0 Å². The molecule has 5 nitrogen and oxygen atoms in total. The molecule has 0 saturated carbocycles. The summed E-state index contributed by atoms with van der Waals surface area (Å²) < 4.78 is 18.4. The Labute approximate surface area is 138 Å². The van der Waals surface area contributed by atoms with Crippen LogP contribution < -0.4 is 0 Å². The standard InChI is InChI=1S/C18H15FN2O3/c19-15-9-5-4-8-14(15)18(23)24-12-17(22)21-11-10-16(20-21)13-6-2-1-3-7-13/h1-9H,10-12H2. The van der Waals surface area contributed by atoms with E-state index in [9.17, 15) is 14.0 Å². The summed E-state index contributed by atoms with van der Waals surface area (Å²) in [6.07, 6.45) is 0.636. The number of halogens is 1. The van der Waals surface area contributed by atoms with E-state index >= 15 is 0 Å². The molecule has 0 aliphatic carbocycles. The summed E-state index contributed by atoms with van der Waals surface area (Å²) in [5, 5.41) is 5.54. The lowest BCUT2D eigenvalue weighted by molar-refractivity contribution is -0.134. The molecule has 0 spiro atoms. The lowest BCUT2D eigenvalue weighted by atomic mass is 10.1. The van der Waals surface area contributed by atoms with Gasteiger partial charge in [-0.3, -0.25) is 4.79 Å². The highest BCUT2D eigenvalue weighted by molar-refractivity contribution is 6.02. The summed E-state index contributed by atoms with van der Waals surface area (Å²) in [5.41, 5.74) is 1.57. The first-order chi connectivity index (χ1) is 11.6. The van der Waals surface area contributed by atoms with E-state index < -0.39 is 24.3 Å². The van der Waals surface area contributed by atoms with E-state index in [-0.39, 0.29) is 5.56 Å². The van der Waals surface area contributed by atoms with E-state index in [4.69, 9.17) is 4.74 Å². The molecule has 0 bridgehead atoms. The van der Waals surface area contributed by atoms with Crippen molar-refractivity contribution in [1.29, 1.82) is 0 Å². The highest BCUT2D eigenvalue weighted by atomic mass is 19.1. The second-order valence-electron chi connectivity index (χ2n) is 5.24. The van der Waals surface area contributed by atoms with Crippen LogP contribution in [-0.4, -0.2) is 35.7 Å². The number of rotatable bonds is 4. The van der Waals surface area contributed by atoms with Gasteiger partial charge in [0.25, 0.3) is 5.91 Å². The Hall–Kier alpha value is -3.02. The number of hydrogen-bond donors (Lipinski definition) is 0. The van der Waals surface area contributed by atoms with Crippen molar-refractivity contribution in [2.24, 2.45) is 5.10 Å². The van der Waals surface area contributed by atoms with Crippen molar-refractivity contribution >= 4 is 17.6 Å². The Morgan fingerprint density at radius 1 is 1.08 bits per heavy atom. The van der Waals surface area contributed by atoms with Crippen LogP contribution in [0, 0.1) is 5.82 Å². The van der Waals surface area contributed by atoms with Crippen molar-refractivity contribution in [2.75, 3.05) is 13.2 Å². The van der Waals surface area contributed by atoms with Crippen molar-refractivity contribution in [3.8, 4) is 0 Å². The summed E-state index contributed by atoms with van der Waals surface area (Å²) in [6, 6.07) is 15.0. The molecule has 0 N–H and O–H groups in total. The zero-order chi connectivity index (χ0) is 16.9. The molecule has 0 saturated heterocycles. The lowest BCUT2D eigenvalue weighted by Crippen LogP contribution is -2.29. The van der Waals surface area contributed by atoms with Gasteiger partial charge in [-0.1, -0.05) is 42.5 Å². The molecule has 3 rings (SSSR count). The molecule has 1 amide bonds. The van der Waals surface area contributed by atoms with Crippen LogP contribution in [-0.2, 0) is 9.53 Å². The predicted octanol–water partition coefficient (Wildman–Crippen LogP) is 2.62. The molecule has 0 unspecified atom stereocenters. The van der Waals surface area contributed by atoms with E-state index in [1.165, 1.54) is 23.2 Å². The number of hydrogen-bond acceptors (Lipinski definition) is 4. The third-order valence-corrected chi connectivity index (χ3v) is 3.62. The molecule has 6 heteroatoms. The molecule has 0 atom stereocenters. The SMILES string of the molecule is O=C(OCC(=O)N1CCC(c2ccccc2)=N1)c1ccccc1F. The third kappa shape index (κ3) is 3.48. The molecule has 0 radical (unpaired) electrons. The van der Waals surface area contributed by atoms with Gasteiger partial charge in [-0.15, -0.1) is 0 Å². The number of esters is 1. The lowest BCUT2D eigenvalue weighted by Gasteiger charge is -2.11. The average Bonchev–Trinajstić information content (AvgIpc) is 3.11. The van der Waals surface area contributed by atoms with Gasteiger partial charge in [0.2, 0.25) is 0 Å². The van der Waals surface area contributed by atoms with Crippen molar-refractivity contribution < 1.29 is 18.7 Å². The second-order valence-corrected chi connectivity index (χ2v) is 5.24. The van der Waals surface area contributed by atoms with Crippen LogP contribution in [0.15, 0.2) is 59.7 Å². The largest absolute Gasteiger partial charge is 0.452 e. The smallest absolute Gasteiger partial charge is 0.341 e. The van der Waals surface area contributed by atoms with Gasteiger partial charge in [0.05, 0.1) is 17.8 Å². The van der Waals surface area contributed by atoms with Crippen molar-refractivity contribution in [3.63, 3.8) is 0 Å². The van der Waals surface area contributed by atoms with Gasteiger partial charge < -0.3 is 4.74 Å². The van der Waals surface area contributed by atoms with Gasteiger partial charge in [0, 0.05) is 6.42 Å². The Kier molecular flexibility index (Phi) is 4.65. The molecule has 1 heterocycles. The molecule has 0 fully saturated rings. The number of nitrogens with zero attached hydrogens (tertiary/aromatic N) is 2. The first-order valence-electron chi connectivity index (χ1n) is 7.50. The molecule has 2 aromatic carbocycles. The zero-order valence-electron chi connectivity index (χ0n) is 12.8. The molecule has 1 aliphatic heterocycles. The second kappa shape index (κ2) is 7.04. The Morgan fingerprint density at radius 3 is 2.54 bits per heavy atom. The fourth-order valence-corrected chi connectivity index (χ4v) is 2.38.